The van der Waals surface area contributed by atoms with Crippen LogP contribution in [0.1, 0.15) is 24.0 Å². The van der Waals surface area contributed by atoms with Crippen LogP contribution in [0.3, 0.4) is 0 Å². The second-order valence-corrected chi connectivity index (χ2v) is 5.81. The first kappa shape index (κ1) is 14.7. The minimum atomic E-state index is -1.89. The molecule has 1 N–H and O–H groups in total. The summed E-state index contributed by atoms with van der Waals surface area (Å²) >= 11 is -1.89. The van der Waals surface area contributed by atoms with Gasteiger partial charge in [0, 0.05) is 5.92 Å². The Bertz CT molecular complexity index is 578. The lowest BCUT2D eigenvalue weighted by Crippen LogP contribution is -2.19. The van der Waals surface area contributed by atoms with Gasteiger partial charge in [-0.05, 0) is 11.1 Å². The fourth-order valence-corrected chi connectivity index (χ4v) is 2.84. The number of rotatable bonds is 5. The molecule has 0 saturated heterocycles. The van der Waals surface area contributed by atoms with Gasteiger partial charge in [-0.1, -0.05) is 79.7 Å². The van der Waals surface area contributed by atoms with E-state index >= 15 is 0 Å². The molecular weight excluding hydrogens is 268 g/mol. The predicted octanol–water partition coefficient (Wildman–Crippen LogP) is 4.09. The van der Waals surface area contributed by atoms with Gasteiger partial charge >= 0.3 is 0 Å². The highest BCUT2D eigenvalue weighted by Crippen LogP contribution is 2.23. The summed E-state index contributed by atoms with van der Waals surface area (Å²) in [5.74, 6) is -0.0120. The van der Waals surface area contributed by atoms with E-state index in [1.165, 1.54) is 0 Å². The van der Waals surface area contributed by atoms with Gasteiger partial charge in [-0.25, -0.2) is 4.21 Å². The molecule has 0 spiro atoms. The maximum Gasteiger partial charge on any atom is 0.160 e. The Morgan fingerprint density at radius 2 is 1.55 bits per heavy atom. The van der Waals surface area contributed by atoms with E-state index in [1.54, 1.807) is 0 Å². The van der Waals surface area contributed by atoms with Crippen LogP contribution in [0.4, 0.5) is 0 Å². The van der Waals surface area contributed by atoms with E-state index in [4.69, 9.17) is 0 Å². The average Bonchev–Trinajstić information content (AvgIpc) is 2.49. The molecule has 0 saturated carbocycles. The zero-order valence-corrected chi connectivity index (χ0v) is 12.2. The molecule has 2 aromatic rings. The summed E-state index contributed by atoms with van der Waals surface area (Å²) in [4.78, 5) is 0. The summed E-state index contributed by atoms with van der Waals surface area (Å²) in [5.41, 5.74) is 2.10. The second-order valence-electron chi connectivity index (χ2n) is 4.71. The quantitative estimate of drug-likeness (QED) is 0.840. The summed E-state index contributed by atoms with van der Waals surface area (Å²) in [6, 6.07) is 19.6. The van der Waals surface area contributed by atoms with Crippen LogP contribution in [0.5, 0.6) is 0 Å². The molecule has 3 unspecified atom stereocenters. The molecule has 104 valence electrons. The molecule has 2 nitrogen and oxygen atoms in total. The van der Waals surface area contributed by atoms with E-state index in [1.807, 2.05) is 79.7 Å². The van der Waals surface area contributed by atoms with Crippen LogP contribution >= 0.6 is 0 Å². The van der Waals surface area contributed by atoms with Crippen molar-refractivity contribution in [3.63, 3.8) is 0 Å². The minimum absolute atomic E-state index is 0.0120. The van der Waals surface area contributed by atoms with Gasteiger partial charge in [0.05, 0.1) is 5.25 Å². The van der Waals surface area contributed by atoms with Gasteiger partial charge in [0.1, 0.15) is 0 Å². The third kappa shape index (κ3) is 3.89. The van der Waals surface area contributed by atoms with Gasteiger partial charge in [-0.3, -0.25) is 0 Å². The molecule has 0 fully saturated rings. The van der Waals surface area contributed by atoms with Crippen molar-refractivity contribution in [2.45, 2.75) is 18.1 Å². The summed E-state index contributed by atoms with van der Waals surface area (Å²) in [6.45, 7) is 1.98. The van der Waals surface area contributed by atoms with Crippen molar-refractivity contribution >= 4 is 17.2 Å². The van der Waals surface area contributed by atoms with Crippen LogP contribution < -0.4 is 0 Å². The molecule has 0 aromatic heterocycles. The molecule has 0 aliphatic heterocycles. The Hall–Kier alpha value is -1.71. The van der Waals surface area contributed by atoms with Crippen LogP contribution in [0.2, 0.25) is 0 Å². The molecule has 0 amide bonds. The number of hydrogen-bond donors (Lipinski definition) is 1. The lowest BCUT2D eigenvalue weighted by Gasteiger charge is -2.18. The van der Waals surface area contributed by atoms with Crippen LogP contribution in [0.15, 0.2) is 66.7 Å². The lowest BCUT2D eigenvalue weighted by atomic mass is 9.97. The molecule has 0 radical (unpaired) electrons. The zero-order valence-electron chi connectivity index (χ0n) is 11.3. The predicted molar refractivity (Wildman–Crippen MR) is 84.9 cm³/mol. The summed E-state index contributed by atoms with van der Waals surface area (Å²) in [7, 11) is 0. The highest BCUT2D eigenvalue weighted by Gasteiger charge is 2.21. The van der Waals surface area contributed by atoms with Crippen molar-refractivity contribution in [1.82, 2.24) is 0 Å². The number of hydrogen-bond acceptors (Lipinski definition) is 1. The van der Waals surface area contributed by atoms with Crippen molar-refractivity contribution in [3.8, 4) is 0 Å². The van der Waals surface area contributed by atoms with E-state index < -0.39 is 16.3 Å². The number of benzene rings is 2. The lowest BCUT2D eigenvalue weighted by molar-refractivity contribution is 0.547. The van der Waals surface area contributed by atoms with E-state index in [2.05, 4.69) is 0 Å². The SMILES string of the molecule is CC(c1ccccc1)C(C=Cc1ccccc1)S(=O)O. The monoisotopic (exact) mass is 286 g/mol. The van der Waals surface area contributed by atoms with E-state index in [9.17, 15) is 8.76 Å². The molecule has 3 heteroatoms. The molecule has 2 rings (SSSR count). The molecule has 0 bridgehead atoms. The van der Waals surface area contributed by atoms with Gasteiger partial charge in [0.15, 0.2) is 11.1 Å². The van der Waals surface area contributed by atoms with Crippen molar-refractivity contribution in [2.75, 3.05) is 0 Å². The Labute approximate surface area is 122 Å². The molecular formula is C17H18O2S. The minimum Gasteiger partial charge on any atom is -0.306 e. The largest absolute Gasteiger partial charge is 0.306 e. The Morgan fingerprint density at radius 1 is 1.00 bits per heavy atom. The van der Waals surface area contributed by atoms with Crippen molar-refractivity contribution in [1.29, 1.82) is 0 Å². The van der Waals surface area contributed by atoms with E-state index in [-0.39, 0.29) is 5.92 Å². The van der Waals surface area contributed by atoms with E-state index in [0.29, 0.717) is 0 Å². The maximum absolute atomic E-state index is 11.6. The highest BCUT2D eigenvalue weighted by atomic mass is 32.2. The molecule has 2 aromatic carbocycles. The summed E-state index contributed by atoms with van der Waals surface area (Å²) in [5, 5.41) is -0.419. The molecule has 3 atom stereocenters. The first-order chi connectivity index (χ1) is 9.68. The van der Waals surface area contributed by atoms with Gasteiger partial charge in [-0.2, -0.15) is 0 Å². The Morgan fingerprint density at radius 3 is 2.10 bits per heavy atom. The van der Waals surface area contributed by atoms with Crippen molar-refractivity contribution in [2.24, 2.45) is 0 Å². The van der Waals surface area contributed by atoms with Crippen LogP contribution in [0.25, 0.3) is 6.08 Å². The maximum atomic E-state index is 11.6. The summed E-state index contributed by atoms with van der Waals surface area (Å²) in [6.07, 6.45) is 3.72. The Kier molecular flexibility index (Phi) is 5.27. The van der Waals surface area contributed by atoms with E-state index in [0.717, 1.165) is 11.1 Å². The van der Waals surface area contributed by atoms with Crippen LogP contribution in [-0.4, -0.2) is 14.0 Å². The third-order valence-corrected chi connectivity index (χ3v) is 4.36. The highest BCUT2D eigenvalue weighted by molar-refractivity contribution is 7.80. The zero-order chi connectivity index (χ0) is 14.4. The molecule has 0 heterocycles. The fraction of sp³-hybridized carbons (Fsp3) is 0.176. The van der Waals surface area contributed by atoms with Crippen molar-refractivity contribution in [3.05, 3.63) is 77.9 Å². The smallest absolute Gasteiger partial charge is 0.160 e. The standard InChI is InChI=1S/C17H18O2S/c1-14(16-10-6-3-7-11-16)17(20(18)19)13-12-15-8-4-2-5-9-15/h2-14,17H,1H3,(H,18,19). The molecule has 0 aliphatic rings. The topological polar surface area (TPSA) is 37.3 Å². The van der Waals surface area contributed by atoms with Crippen molar-refractivity contribution < 1.29 is 8.76 Å². The third-order valence-electron chi connectivity index (χ3n) is 3.33. The normalized spacial score (nSPS) is 15.9. The molecule has 0 aliphatic carbocycles. The average molecular weight is 286 g/mol. The second kappa shape index (κ2) is 7.17. The Balaban J connectivity index is 2.20. The molecule has 20 heavy (non-hydrogen) atoms. The van der Waals surface area contributed by atoms with Crippen LogP contribution in [-0.2, 0) is 11.1 Å². The van der Waals surface area contributed by atoms with Gasteiger partial charge in [0.2, 0.25) is 0 Å². The van der Waals surface area contributed by atoms with Gasteiger partial charge < -0.3 is 4.55 Å². The van der Waals surface area contributed by atoms with Gasteiger partial charge in [0.25, 0.3) is 0 Å². The first-order valence-corrected chi connectivity index (χ1v) is 7.73. The summed E-state index contributed by atoms with van der Waals surface area (Å²) < 4.78 is 21.1. The fourth-order valence-electron chi connectivity index (χ4n) is 2.12. The first-order valence-electron chi connectivity index (χ1n) is 6.56. The van der Waals surface area contributed by atoms with Gasteiger partial charge in [-0.15, -0.1) is 0 Å². The van der Waals surface area contributed by atoms with Crippen LogP contribution in [0, 0.1) is 0 Å².